The molecule has 37 heavy (non-hydrogen) atoms. The Labute approximate surface area is 213 Å². The van der Waals surface area contributed by atoms with Crippen molar-refractivity contribution in [3.8, 4) is 0 Å². The SMILES string of the molecule is C=C1C[C@@H]2[C@H]([C@@H](OC(=O)C(F)(F)F)C[C@@]3(C)[C@H]2C[C@@H](C)[C@]3(O)C(=O)COC(C)=O)[C@@]2(C)CCC(=O)C=C12. The Balaban J connectivity index is 1.83. The predicted molar refractivity (Wildman–Crippen MR) is 124 cm³/mol. The van der Waals surface area contributed by atoms with Gasteiger partial charge in [0.2, 0.25) is 5.78 Å². The number of hydrogen-bond acceptors (Lipinski definition) is 7. The molecule has 0 amide bonds. The average molecular weight is 527 g/mol. The molecule has 0 aliphatic heterocycles. The Morgan fingerprint density at radius 3 is 2.49 bits per heavy atom. The van der Waals surface area contributed by atoms with Crippen molar-refractivity contribution in [2.45, 2.75) is 77.7 Å². The molecule has 0 unspecified atom stereocenters. The Morgan fingerprint density at radius 1 is 1.24 bits per heavy atom. The van der Waals surface area contributed by atoms with E-state index in [1.807, 2.05) is 6.92 Å². The Morgan fingerprint density at radius 2 is 1.89 bits per heavy atom. The van der Waals surface area contributed by atoms with E-state index in [-0.39, 0.29) is 30.5 Å². The van der Waals surface area contributed by atoms with Crippen LogP contribution in [0.15, 0.2) is 23.8 Å². The number of aliphatic hydroxyl groups is 1. The van der Waals surface area contributed by atoms with Gasteiger partial charge in [0.05, 0.1) is 0 Å². The first-order valence-corrected chi connectivity index (χ1v) is 12.6. The Hall–Kier alpha value is -2.49. The standard InChI is InChI=1S/C27H33F3O7/c1-13-8-17-19-9-14(2)26(35,21(33)12-36-15(3)31)25(19,5)11-20(37-23(34)27(28,29)30)22(17)24(4)7-6-16(32)10-18(13)24/h10,14,17,19-20,22,35H,1,6-9,11-12H2,2-5H3/t14-,17+,19+,20+,22-,24+,25+,26+/m1/s1. The highest BCUT2D eigenvalue weighted by Gasteiger charge is 2.72. The van der Waals surface area contributed by atoms with Gasteiger partial charge >= 0.3 is 18.1 Å². The lowest BCUT2D eigenvalue weighted by atomic mass is 9.44. The highest BCUT2D eigenvalue weighted by molar-refractivity contribution is 5.93. The van der Waals surface area contributed by atoms with Gasteiger partial charge in [-0.2, -0.15) is 13.2 Å². The second-order valence-electron chi connectivity index (χ2n) is 11.7. The third kappa shape index (κ3) is 4.06. The summed E-state index contributed by atoms with van der Waals surface area (Å²) in [7, 11) is 0. The molecule has 8 atom stereocenters. The van der Waals surface area contributed by atoms with Crippen LogP contribution in [0.3, 0.4) is 0 Å². The molecular formula is C27H33F3O7. The summed E-state index contributed by atoms with van der Waals surface area (Å²) in [5, 5.41) is 11.9. The molecule has 10 heteroatoms. The average Bonchev–Trinajstić information content (AvgIpc) is 2.99. The normalized spacial score (nSPS) is 41.2. The van der Waals surface area contributed by atoms with Crippen molar-refractivity contribution in [2.75, 3.05) is 6.61 Å². The Bertz CT molecular complexity index is 1090. The third-order valence-corrected chi connectivity index (χ3v) is 9.75. The molecule has 3 saturated carbocycles. The number of halogens is 3. The van der Waals surface area contributed by atoms with Crippen LogP contribution >= 0.6 is 0 Å². The first-order chi connectivity index (χ1) is 17.0. The minimum atomic E-state index is -5.22. The van der Waals surface area contributed by atoms with E-state index in [9.17, 15) is 37.5 Å². The Kier molecular flexibility index (Phi) is 6.54. The van der Waals surface area contributed by atoms with Crippen molar-refractivity contribution in [3.63, 3.8) is 0 Å². The van der Waals surface area contributed by atoms with Crippen LogP contribution in [0.1, 0.15) is 59.8 Å². The van der Waals surface area contributed by atoms with E-state index in [1.165, 1.54) is 6.08 Å². The highest BCUT2D eigenvalue weighted by Crippen LogP contribution is 2.69. The van der Waals surface area contributed by atoms with Crippen LogP contribution in [0, 0.1) is 34.5 Å². The van der Waals surface area contributed by atoms with Crippen molar-refractivity contribution < 1.29 is 46.9 Å². The smallest absolute Gasteiger partial charge is 0.458 e. The molecule has 7 nitrogen and oxygen atoms in total. The van der Waals surface area contributed by atoms with Crippen LogP contribution < -0.4 is 0 Å². The maximum absolute atomic E-state index is 13.4. The van der Waals surface area contributed by atoms with Crippen molar-refractivity contribution in [2.24, 2.45) is 34.5 Å². The summed E-state index contributed by atoms with van der Waals surface area (Å²) < 4.78 is 50.1. The van der Waals surface area contributed by atoms with Gasteiger partial charge in [-0.25, -0.2) is 4.79 Å². The zero-order chi connectivity index (χ0) is 27.7. The number of esters is 2. The number of allylic oxidation sites excluding steroid dienone is 2. The number of ether oxygens (including phenoxy) is 2. The molecular weight excluding hydrogens is 493 g/mol. The van der Waals surface area contributed by atoms with Gasteiger partial charge in [-0.05, 0) is 60.5 Å². The van der Waals surface area contributed by atoms with Gasteiger partial charge in [-0.3, -0.25) is 14.4 Å². The monoisotopic (exact) mass is 526 g/mol. The lowest BCUT2D eigenvalue weighted by molar-refractivity contribution is -0.226. The number of alkyl halides is 3. The summed E-state index contributed by atoms with van der Waals surface area (Å²) in [6.07, 6.45) is -3.86. The van der Waals surface area contributed by atoms with Crippen LogP contribution in [0.5, 0.6) is 0 Å². The molecule has 0 heterocycles. The third-order valence-electron chi connectivity index (χ3n) is 9.75. The fourth-order valence-electron chi connectivity index (χ4n) is 8.19. The number of rotatable bonds is 4. The quantitative estimate of drug-likeness (QED) is 0.554. The van der Waals surface area contributed by atoms with E-state index >= 15 is 0 Å². The summed E-state index contributed by atoms with van der Waals surface area (Å²) >= 11 is 0. The van der Waals surface area contributed by atoms with Gasteiger partial charge in [-0.15, -0.1) is 0 Å². The number of Topliss-reactive ketones (excluding diaryl/α,β-unsaturated/α-hetero) is 1. The predicted octanol–water partition coefficient (Wildman–Crippen LogP) is 3.88. The van der Waals surface area contributed by atoms with Crippen LogP contribution in [0.2, 0.25) is 0 Å². The number of carbonyl (C=O) groups excluding carboxylic acids is 4. The van der Waals surface area contributed by atoms with E-state index in [2.05, 4.69) is 6.58 Å². The fraction of sp³-hybridized carbons (Fsp3) is 0.704. The van der Waals surface area contributed by atoms with Gasteiger partial charge in [0, 0.05) is 24.7 Å². The summed E-state index contributed by atoms with van der Waals surface area (Å²) in [5.41, 5.74) is -2.67. The van der Waals surface area contributed by atoms with Crippen molar-refractivity contribution in [3.05, 3.63) is 23.8 Å². The molecule has 0 aromatic rings. The number of carbonyl (C=O) groups is 4. The topological polar surface area (TPSA) is 107 Å². The lowest BCUT2D eigenvalue weighted by Crippen LogP contribution is -2.64. The summed E-state index contributed by atoms with van der Waals surface area (Å²) in [6, 6.07) is 0. The van der Waals surface area contributed by atoms with E-state index in [0.29, 0.717) is 30.4 Å². The molecule has 0 aromatic heterocycles. The fourth-order valence-corrected chi connectivity index (χ4v) is 8.19. The van der Waals surface area contributed by atoms with Gasteiger partial charge in [0.25, 0.3) is 0 Å². The van der Waals surface area contributed by atoms with Gasteiger partial charge in [0.1, 0.15) is 11.7 Å². The number of fused-ring (bicyclic) bond motifs is 5. The van der Waals surface area contributed by atoms with Crippen molar-refractivity contribution in [1.29, 1.82) is 0 Å². The molecule has 4 rings (SSSR count). The van der Waals surface area contributed by atoms with Crippen molar-refractivity contribution in [1.82, 2.24) is 0 Å². The molecule has 4 aliphatic carbocycles. The van der Waals surface area contributed by atoms with Crippen LogP contribution in [0.25, 0.3) is 0 Å². The van der Waals surface area contributed by atoms with Crippen LogP contribution in [-0.2, 0) is 28.7 Å². The second-order valence-corrected chi connectivity index (χ2v) is 11.7. The summed E-state index contributed by atoms with van der Waals surface area (Å²) in [6.45, 7) is 9.87. The largest absolute Gasteiger partial charge is 0.490 e. The maximum Gasteiger partial charge on any atom is 0.490 e. The summed E-state index contributed by atoms with van der Waals surface area (Å²) in [5.74, 6) is -5.68. The zero-order valence-corrected chi connectivity index (χ0v) is 21.4. The first kappa shape index (κ1) is 27.5. The van der Waals surface area contributed by atoms with E-state index in [0.717, 1.165) is 6.92 Å². The number of hydrogen-bond donors (Lipinski definition) is 1. The highest BCUT2D eigenvalue weighted by atomic mass is 19.4. The number of ketones is 2. The van der Waals surface area contributed by atoms with E-state index < -0.39 is 64.9 Å². The second kappa shape index (κ2) is 8.78. The minimum Gasteiger partial charge on any atom is -0.458 e. The van der Waals surface area contributed by atoms with Crippen LogP contribution in [0.4, 0.5) is 13.2 Å². The van der Waals surface area contributed by atoms with Gasteiger partial charge in [0.15, 0.2) is 12.4 Å². The lowest BCUT2D eigenvalue weighted by Gasteiger charge is -2.61. The molecule has 1 N–H and O–H groups in total. The molecule has 0 saturated heterocycles. The molecule has 3 fully saturated rings. The molecule has 204 valence electrons. The van der Waals surface area contributed by atoms with Gasteiger partial charge < -0.3 is 14.6 Å². The van der Waals surface area contributed by atoms with E-state index in [1.54, 1.807) is 13.8 Å². The van der Waals surface area contributed by atoms with Gasteiger partial charge in [-0.1, -0.05) is 32.9 Å². The molecule has 0 spiro atoms. The molecule has 0 aromatic carbocycles. The van der Waals surface area contributed by atoms with E-state index in [4.69, 9.17) is 9.47 Å². The molecule has 4 aliphatic rings. The maximum atomic E-state index is 13.4. The summed E-state index contributed by atoms with van der Waals surface area (Å²) in [4.78, 5) is 49.0. The molecule has 0 bridgehead atoms. The first-order valence-electron chi connectivity index (χ1n) is 12.6. The van der Waals surface area contributed by atoms with Crippen LogP contribution in [-0.4, -0.2) is 53.1 Å². The minimum absolute atomic E-state index is 0.0866. The zero-order valence-electron chi connectivity index (χ0n) is 21.4. The van der Waals surface area contributed by atoms with Crippen molar-refractivity contribution >= 4 is 23.5 Å². The molecule has 0 radical (unpaired) electrons.